The van der Waals surface area contributed by atoms with Crippen molar-refractivity contribution in [2.45, 2.75) is 26.7 Å². The van der Waals surface area contributed by atoms with Gasteiger partial charge in [-0.2, -0.15) is 24.3 Å². The zero-order chi connectivity index (χ0) is 61.2. The van der Waals surface area contributed by atoms with Crippen LogP contribution in [-0.4, -0.2) is 41.2 Å². The molecular weight excluding hydrogens is 1410 g/mol. The molecule has 0 aromatic heterocycles. The molecule has 86 heavy (non-hydrogen) atoms. The molecule has 0 heterocycles. The first-order valence-electron chi connectivity index (χ1n) is 23.4. The van der Waals surface area contributed by atoms with Gasteiger partial charge in [0.1, 0.15) is 0 Å². The molecule has 0 saturated carbocycles. The van der Waals surface area contributed by atoms with Gasteiger partial charge in [0, 0.05) is 0 Å². The zero-order valence-electron chi connectivity index (χ0n) is 45.0. The Balaban J connectivity index is 0.000000546. The standard InChI is InChI=1S/2C12BF10.2C12H14P.2C5H5.2ClH.2Zr/c2*14-3-1(4(15)8(19)11(22)7(3)18)13-2-5(16)9(20)12(23)10(21)6(2)17;2*1-9-8-10-6-4-5-7-11(10)12(9)13(2)3;2*1-2-4-5-3-1;;;;/h;;2*4-8H,1-3H3;2*1-3H,4H2;2*1H;;/q;;4*-1;;;2*+2/p-2. The van der Waals surface area contributed by atoms with Crippen molar-refractivity contribution in [2.24, 2.45) is 0 Å². The van der Waals surface area contributed by atoms with Gasteiger partial charge >= 0.3 is 52.4 Å². The summed E-state index contributed by atoms with van der Waals surface area (Å²) < 4.78 is 262. The van der Waals surface area contributed by atoms with E-state index in [1.165, 1.54) is 32.7 Å². The van der Waals surface area contributed by atoms with Gasteiger partial charge in [-0.3, -0.25) is 12.2 Å². The average molecular weight is 1450 g/mol. The molecule has 0 spiro atoms. The van der Waals surface area contributed by atoms with E-state index in [-0.39, 0.29) is 108 Å². The Morgan fingerprint density at radius 3 is 0.733 bits per heavy atom. The maximum absolute atomic E-state index is 13.4. The summed E-state index contributed by atoms with van der Waals surface area (Å²) in [5.74, 6) is -49.7. The van der Waals surface area contributed by atoms with Crippen molar-refractivity contribution in [3.8, 4) is 0 Å². The van der Waals surface area contributed by atoms with E-state index >= 15 is 0 Å². The molecular formula is C58H38B2Cl2F20P2Zr2-2. The van der Waals surface area contributed by atoms with Crippen LogP contribution in [0.2, 0.25) is 0 Å². The third kappa shape index (κ3) is 18.3. The van der Waals surface area contributed by atoms with Gasteiger partial charge in [0.2, 0.25) is 14.6 Å². The first-order chi connectivity index (χ1) is 38.6. The summed E-state index contributed by atoms with van der Waals surface area (Å²) in [6.45, 7) is 13.7. The van der Waals surface area contributed by atoms with Crippen molar-refractivity contribution in [2.75, 3.05) is 26.7 Å². The molecule has 2 aliphatic carbocycles. The van der Waals surface area contributed by atoms with E-state index in [0.717, 1.165) is 12.8 Å². The summed E-state index contributed by atoms with van der Waals surface area (Å²) >= 11 is 0. The van der Waals surface area contributed by atoms with Crippen LogP contribution in [0.15, 0.2) is 97.1 Å². The van der Waals surface area contributed by atoms with Gasteiger partial charge in [-0.05, 0) is 48.5 Å². The van der Waals surface area contributed by atoms with Gasteiger partial charge in [0.15, 0.2) is 116 Å². The summed E-state index contributed by atoms with van der Waals surface area (Å²) in [6.07, 6.45) is 20.0. The summed E-state index contributed by atoms with van der Waals surface area (Å²) in [4.78, 5) is 0. The van der Waals surface area contributed by atoms with Crippen LogP contribution in [0.3, 0.4) is 0 Å². The molecule has 0 fully saturated rings. The monoisotopic (exact) mass is 1450 g/mol. The Bertz CT molecular complexity index is 3280. The van der Waals surface area contributed by atoms with Crippen molar-refractivity contribution in [3.05, 3.63) is 237 Å². The SMILES string of the molecule is Cc1cc2ccccc2[c-]1P(C)C.Cc1cc2ccccc2[c-]1P(C)C.Fc1c(F)c(F)c([B]c2c(F)c(F)c(F)c(F)c2F)c(F)c1F.Fc1c(F)c(F)c([B]c2c(F)c(F)c(F)c(F)c2F)c(F)c1F.[C-]1=CC=CC1.[C-]1=CC=CC1.[Cl-].[Cl-].[Zr+2].[Zr+2]. The van der Waals surface area contributed by atoms with E-state index in [0.29, 0.717) is 0 Å². The summed E-state index contributed by atoms with van der Waals surface area (Å²) in [7, 11) is -0.695. The topological polar surface area (TPSA) is 0 Å². The molecule has 0 aliphatic heterocycles. The van der Waals surface area contributed by atoms with Gasteiger partial charge in [-0.25, -0.2) is 112 Å². The summed E-state index contributed by atoms with van der Waals surface area (Å²) in [5.41, 5.74) is -4.52. The summed E-state index contributed by atoms with van der Waals surface area (Å²) in [6, 6.07) is 21.9. The van der Waals surface area contributed by atoms with Crippen LogP contribution in [0.4, 0.5) is 87.8 Å². The number of fused-ring (bicyclic) bond motifs is 2. The molecule has 8 aromatic rings. The van der Waals surface area contributed by atoms with Crippen molar-refractivity contribution < 1.29 is 165 Å². The predicted molar refractivity (Wildman–Crippen MR) is 283 cm³/mol. The third-order valence-electron chi connectivity index (χ3n) is 11.5. The molecule has 0 amide bonds. The number of hydrogen-bond acceptors (Lipinski definition) is 0. The second-order valence-corrected chi connectivity index (χ2v) is 22.0. The average Bonchev–Trinajstić information content (AvgIpc) is 3.06. The minimum atomic E-state index is -2.55. The number of rotatable bonds is 6. The molecule has 8 aromatic carbocycles. The van der Waals surface area contributed by atoms with Gasteiger partial charge < -0.3 is 24.8 Å². The Morgan fingerprint density at radius 1 is 0.349 bits per heavy atom. The van der Waals surface area contributed by atoms with Crippen LogP contribution in [-0.2, 0) is 52.4 Å². The van der Waals surface area contributed by atoms with Crippen molar-refractivity contribution in [1.82, 2.24) is 0 Å². The van der Waals surface area contributed by atoms with Gasteiger partial charge in [0.25, 0.3) is 0 Å². The van der Waals surface area contributed by atoms with E-state index in [2.05, 4.69) is 125 Å². The number of aryl methyl sites for hydroxylation is 2. The van der Waals surface area contributed by atoms with Crippen LogP contribution >= 0.6 is 15.8 Å². The molecule has 0 bridgehead atoms. The predicted octanol–water partition coefficient (Wildman–Crippen LogP) is 8.55. The fraction of sp³-hybridized carbons (Fsp3) is 0.138. The Labute approximate surface area is 535 Å². The van der Waals surface area contributed by atoms with Gasteiger partial charge in [-0.15, -0.1) is 108 Å². The number of allylic oxidation sites excluding steroid dienone is 8. The first-order valence-corrected chi connectivity index (χ1v) is 27.9. The molecule has 2 aliphatic rings. The Hall–Kier alpha value is -4.56. The summed E-state index contributed by atoms with van der Waals surface area (Å²) in [5, 5.41) is 8.85. The van der Waals surface area contributed by atoms with E-state index in [4.69, 9.17) is 0 Å². The molecule has 0 unspecified atom stereocenters. The molecule has 0 N–H and O–H groups in total. The number of halogens is 22. The second-order valence-electron chi connectivity index (χ2n) is 17.5. The van der Waals surface area contributed by atoms with Crippen molar-refractivity contribution >= 4 is 84.4 Å². The second kappa shape index (κ2) is 35.6. The third-order valence-corrected chi connectivity index (χ3v) is 14.5. The first kappa shape index (κ1) is 79.4. The smallest absolute Gasteiger partial charge is 1.00 e. The molecule has 10 rings (SSSR count). The fourth-order valence-electron chi connectivity index (χ4n) is 7.86. The molecule has 2 radical (unpaired) electrons. The Morgan fingerprint density at radius 2 is 0.558 bits per heavy atom. The maximum atomic E-state index is 13.4. The normalized spacial score (nSPS) is 11.4. The zero-order valence-corrected chi connectivity index (χ0v) is 53.2. The van der Waals surface area contributed by atoms with Crippen LogP contribution in [0, 0.1) is 142 Å². The minimum absolute atomic E-state index is 0. The molecule has 0 nitrogen and oxygen atoms in total. The maximum Gasteiger partial charge on any atom is 2.00 e. The van der Waals surface area contributed by atoms with Crippen LogP contribution in [0.25, 0.3) is 21.5 Å². The van der Waals surface area contributed by atoms with Gasteiger partial charge in [-0.1, -0.05) is 26.0 Å². The molecule has 0 atom stereocenters. The molecule has 0 saturated heterocycles. The molecule has 450 valence electrons. The Kier molecular flexibility index (Phi) is 32.9. The van der Waals surface area contributed by atoms with E-state index in [1.807, 2.05) is 24.3 Å². The number of hydrogen-bond donors (Lipinski definition) is 0. The van der Waals surface area contributed by atoms with Gasteiger partial charge in [0.05, 0.1) is 0 Å². The fourth-order valence-corrected chi connectivity index (χ4v) is 10.8. The van der Waals surface area contributed by atoms with Crippen molar-refractivity contribution in [3.63, 3.8) is 0 Å². The van der Waals surface area contributed by atoms with Crippen molar-refractivity contribution in [1.29, 1.82) is 0 Å². The number of benzene rings is 6. The minimum Gasteiger partial charge on any atom is -1.00 e. The quantitative estimate of drug-likeness (QED) is 0.0392. The van der Waals surface area contributed by atoms with Crippen LogP contribution < -0.4 is 57.3 Å². The largest absolute Gasteiger partial charge is 2.00 e. The van der Waals surface area contributed by atoms with Crippen LogP contribution in [0.5, 0.6) is 0 Å². The molecule has 28 heteroatoms. The van der Waals surface area contributed by atoms with Crippen LogP contribution in [0.1, 0.15) is 24.0 Å². The van der Waals surface area contributed by atoms with E-state index in [1.54, 1.807) is 10.6 Å². The van der Waals surface area contributed by atoms with E-state index in [9.17, 15) is 87.8 Å². The van der Waals surface area contributed by atoms with E-state index < -0.39 is 138 Å².